The van der Waals surface area contributed by atoms with E-state index >= 15 is 0 Å². The van der Waals surface area contributed by atoms with Gasteiger partial charge in [0.05, 0.1) is 21.6 Å². The standard InChI is InChI=1S/C22H16N4O2S2/c27-21(28)18-6-3-5-15(23-18)13-8-9-19-14(12-13)16(10-11-29-19)25-26-22-24-17-4-1-2-7-20(17)30-22/h1-9,12H,10-11H2,(H,24,26)(H,27,28)/b25-16-. The summed E-state index contributed by atoms with van der Waals surface area (Å²) in [6.45, 7) is 0. The molecule has 6 nitrogen and oxygen atoms in total. The maximum absolute atomic E-state index is 11.3. The van der Waals surface area contributed by atoms with Crippen molar-refractivity contribution in [2.45, 2.75) is 11.3 Å². The molecule has 0 saturated carbocycles. The van der Waals surface area contributed by atoms with Crippen LogP contribution >= 0.6 is 23.1 Å². The Morgan fingerprint density at radius 2 is 1.97 bits per heavy atom. The number of nitrogens with one attached hydrogen (secondary N) is 1. The van der Waals surface area contributed by atoms with Crippen LogP contribution in [0.3, 0.4) is 0 Å². The second-order valence-corrected chi connectivity index (χ2v) is 8.85. The molecular formula is C22H16N4O2S2. The molecule has 5 rings (SSSR count). The van der Waals surface area contributed by atoms with E-state index in [1.807, 2.05) is 42.5 Å². The number of hydrogen-bond acceptors (Lipinski definition) is 7. The number of anilines is 1. The van der Waals surface area contributed by atoms with Crippen LogP contribution in [0, 0.1) is 0 Å². The van der Waals surface area contributed by atoms with Gasteiger partial charge in [0.2, 0.25) is 5.13 Å². The highest BCUT2D eigenvalue weighted by Gasteiger charge is 2.18. The van der Waals surface area contributed by atoms with Gasteiger partial charge in [-0.2, -0.15) is 5.10 Å². The average molecular weight is 433 g/mol. The molecule has 0 bridgehead atoms. The predicted octanol–water partition coefficient (Wildman–Crippen LogP) is 5.37. The van der Waals surface area contributed by atoms with Crippen molar-refractivity contribution in [3.63, 3.8) is 0 Å². The van der Waals surface area contributed by atoms with Crippen molar-refractivity contribution in [2.75, 3.05) is 11.2 Å². The molecule has 0 amide bonds. The summed E-state index contributed by atoms with van der Waals surface area (Å²) in [6, 6.07) is 19.1. The molecule has 3 heterocycles. The maximum Gasteiger partial charge on any atom is 0.354 e. The Kier molecular flexibility index (Phi) is 4.94. The van der Waals surface area contributed by atoms with Crippen LogP contribution in [0.25, 0.3) is 21.5 Å². The number of aromatic carboxylic acids is 1. The van der Waals surface area contributed by atoms with Crippen LogP contribution < -0.4 is 5.43 Å². The van der Waals surface area contributed by atoms with E-state index in [0.717, 1.165) is 49.3 Å². The third-order valence-electron chi connectivity index (χ3n) is 4.73. The molecule has 148 valence electrons. The summed E-state index contributed by atoms with van der Waals surface area (Å²) in [5.74, 6) is -0.0768. The predicted molar refractivity (Wildman–Crippen MR) is 122 cm³/mol. The fraction of sp³-hybridized carbons (Fsp3) is 0.0909. The van der Waals surface area contributed by atoms with E-state index in [0.29, 0.717) is 5.69 Å². The summed E-state index contributed by atoms with van der Waals surface area (Å²) in [5.41, 5.74) is 7.61. The molecule has 8 heteroatoms. The second kappa shape index (κ2) is 7.89. The van der Waals surface area contributed by atoms with Crippen LogP contribution in [0.15, 0.2) is 70.7 Å². The van der Waals surface area contributed by atoms with Crippen LogP contribution in [0.5, 0.6) is 0 Å². The number of thioether (sulfide) groups is 1. The van der Waals surface area contributed by atoms with Gasteiger partial charge in [-0.25, -0.2) is 14.8 Å². The van der Waals surface area contributed by atoms with E-state index in [2.05, 4.69) is 26.6 Å². The molecule has 1 aliphatic rings. The number of para-hydroxylation sites is 1. The number of carboxylic acid groups (broad SMARTS) is 1. The Balaban J connectivity index is 1.48. The lowest BCUT2D eigenvalue weighted by Gasteiger charge is -2.18. The fourth-order valence-corrected chi connectivity index (χ4v) is 5.12. The van der Waals surface area contributed by atoms with Crippen molar-refractivity contribution < 1.29 is 9.90 Å². The van der Waals surface area contributed by atoms with Gasteiger partial charge in [-0.3, -0.25) is 5.43 Å². The number of carboxylic acids is 1. The molecule has 2 N–H and O–H groups in total. The normalized spacial score (nSPS) is 14.6. The van der Waals surface area contributed by atoms with Gasteiger partial charge in [-0.05, 0) is 36.4 Å². The summed E-state index contributed by atoms with van der Waals surface area (Å²) >= 11 is 3.37. The summed E-state index contributed by atoms with van der Waals surface area (Å²) in [5, 5.41) is 14.6. The van der Waals surface area contributed by atoms with E-state index in [1.165, 1.54) is 6.07 Å². The molecule has 0 fully saturated rings. The van der Waals surface area contributed by atoms with E-state index in [9.17, 15) is 9.90 Å². The van der Waals surface area contributed by atoms with E-state index in [1.54, 1.807) is 29.2 Å². The molecule has 0 spiro atoms. The van der Waals surface area contributed by atoms with Crippen molar-refractivity contribution >= 4 is 50.1 Å². The van der Waals surface area contributed by atoms with Crippen molar-refractivity contribution in [3.05, 3.63) is 71.9 Å². The van der Waals surface area contributed by atoms with Gasteiger partial charge in [0.1, 0.15) is 5.69 Å². The number of aromatic nitrogens is 2. The lowest BCUT2D eigenvalue weighted by molar-refractivity contribution is 0.0690. The lowest BCUT2D eigenvalue weighted by Crippen LogP contribution is -2.12. The molecule has 0 aliphatic carbocycles. The van der Waals surface area contributed by atoms with Gasteiger partial charge < -0.3 is 5.11 Å². The van der Waals surface area contributed by atoms with Crippen LogP contribution in [0.1, 0.15) is 22.5 Å². The van der Waals surface area contributed by atoms with Gasteiger partial charge in [0.25, 0.3) is 0 Å². The number of nitrogens with zero attached hydrogens (tertiary/aromatic N) is 3. The molecule has 30 heavy (non-hydrogen) atoms. The van der Waals surface area contributed by atoms with Crippen molar-refractivity contribution in [1.29, 1.82) is 0 Å². The quantitative estimate of drug-likeness (QED) is 0.422. The Morgan fingerprint density at radius 3 is 2.83 bits per heavy atom. The zero-order chi connectivity index (χ0) is 20.5. The zero-order valence-electron chi connectivity index (χ0n) is 15.7. The van der Waals surface area contributed by atoms with Crippen molar-refractivity contribution in [2.24, 2.45) is 5.10 Å². The minimum atomic E-state index is -1.03. The first-order chi connectivity index (χ1) is 14.7. The average Bonchev–Trinajstić information content (AvgIpc) is 3.20. The zero-order valence-corrected chi connectivity index (χ0v) is 17.3. The minimum Gasteiger partial charge on any atom is -0.477 e. The fourth-order valence-electron chi connectivity index (χ4n) is 3.30. The number of hydrogen-bond donors (Lipinski definition) is 2. The van der Waals surface area contributed by atoms with Gasteiger partial charge in [-0.15, -0.1) is 11.8 Å². The summed E-state index contributed by atoms with van der Waals surface area (Å²) in [4.78, 5) is 21.3. The summed E-state index contributed by atoms with van der Waals surface area (Å²) in [7, 11) is 0. The lowest BCUT2D eigenvalue weighted by atomic mass is 10.0. The van der Waals surface area contributed by atoms with Gasteiger partial charge in [0, 0.05) is 28.2 Å². The SMILES string of the molecule is O=C(O)c1cccc(-c2ccc3c(c2)/C(=N\Nc2nc4ccccc4s2)CCS3)n1. The van der Waals surface area contributed by atoms with Crippen LogP contribution in [0.2, 0.25) is 0 Å². The largest absolute Gasteiger partial charge is 0.477 e. The third-order valence-corrected chi connectivity index (χ3v) is 6.75. The van der Waals surface area contributed by atoms with Crippen molar-refractivity contribution in [1.82, 2.24) is 9.97 Å². The van der Waals surface area contributed by atoms with Crippen LogP contribution in [-0.2, 0) is 0 Å². The number of benzene rings is 2. The Hall–Kier alpha value is -3.23. The van der Waals surface area contributed by atoms with E-state index < -0.39 is 5.97 Å². The molecule has 0 saturated heterocycles. The molecule has 4 aromatic rings. The van der Waals surface area contributed by atoms with E-state index in [4.69, 9.17) is 0 Å². The molecule has 0 atom stereocenters. The molecule has 1 aliphatic heterocycles. The minimum absolute atomic E-state index is 0.0333. The van der Waals surface area contributed by atoms with Gasteiger partial charge in [0.15, 0.2) is 0 Å². The maximum atomic E-state index is 11.3. The number of thiazole rings is 1. The summed E-state index contributed by atoms with van der Waals surface area (Å²) < 4.78 is 1.12. The van der Waals surface area contributed by atoms with Crippen molar-refractivity contribution in [3.8, 4) is 11.3 Å². The van der Waals surface area contributed by atoms with E-state index in [-0.39, 0.29) is 5.69 Å². The highest BCUT2D eigenvalue weighted by molar-refractivity contribution is 7.99. The number of pyridine rings is 1. The highest BCUT2D eigenvalue weighted by atomic mass is 32.2. The first kappa shape index (κ1) is 18.8. The molecule has 2 aromatic carbocycles. The first-order valence-corrected chi connectivity index (χ1v) is 11.1. The molecule has 0 radical (unpaired) electrons. The monoisotopic (exact) mass is 432 g/mol. The second-order valence-electron chi connectivity index (χ2n) is 6.68. The van der Waals surface area contributed by atoms with Gasteiger partial charge >= 0.3 is 5.97 Å². The number of hydrazone groups is 1. The summed E-state index contributed by atoms with van der Waals surface area (Å²) in [6.07, 6.45) is 0.835. The molecular weight excluding hydrogens is 416 g/mol. The first-order valence-electron chi connectivity index (χ1n) is 9.33. The number of fused-ring (bicyclic) bond motifs is 2. The topological polar surface area (TPSA) is 87.5 Å². The van der Waals surface area contributed by atoms with Crippen LogP contribution in [-0.4, -0.2) is 32.5 Å². The molecule has 0 unspecified atom stereocenters. The Bertz CT molecular complexity index is 1270. The third kappa shape index (κ3) is 3.67. The number of carbonyl (C=O) groups is 1. The molecule has 2 aromatic heterocycles. The smallest absolute Gasteiger partial charge is 0.354 e. The van der Waals surface area contributed by atoms with Crippen LogP contribution in [0.4, 0.5) is 5.13 Å². The number of rotatable bonds is 4. The Morgan fingerprint density at radius 1 is 1.07 bits per heavy atom. The highest BCUT2D eigenvalue weighted by Crippen LogP contribution is 2.34. The van der Waals surface area contributed by atoms with Gasteiger partial charge in [-0.1, -0.05) is 35.6 Å². The Labute approximate surface area is 180 Å².